The molecule has 2 rings (SSSR count). The van der Waals surface area contributed by atoms with E-state index in [4.69, 9.17) is 5.73 Å². The molecule has 0 unspecified atom stereocenters. The van der Waals surface area contributed by atoms with Crippen molar-refractivity contribution in [3.63, 3.8) is 0 Å². The Kier molecular flexibility index (Phi) is 4.58. The smallest absolute Gasteiger partial charge is 0.224 e. The largest absolute Gasteiger partial charge is 0.341 e. The van der Waals surface area contributed by atoms with E-state index in [0.717, 1.165) is 24.9 Å². The first kappa shape index (κ1) is 14.1. The number of likely N-dealkylation sites (tertiary alicyclic amines) is 1. The first-order valence-corrected chi connectivity index (χ1v) is 7.12. The molecule has 19 heavy (non-hydrogen) atoms. The van der Waals surface area contributed by atoms with E-state index < -0.39 is 0 Å². The number of aryl methyl sites for hydroxylation is 2. The molecular formula is C14H24N4O. The minimum absolute atomic E-state index is 0.149. The molecule has 2 N–H and O–H groups in total. The normalized spacial score (nSPS) is 23.0. The molecule has 2 atom stereocenters. The molecule has 2 heterocycles. The van der Waals surface area contributed by atoms with Crippen molar-refractivity contribution in [2.45, 2.75) is 45.7 Å². The van der Waals surface area contributed by atoms with E-state index in [0.29, 0.717) is 25.4 Å². The van der Waals surface area contributed by atoms with Gasteiger partial charge in [-0.15, -0.1) is 0 Å². The Morgan fingerprint density at radius 2 is 2.32 bits per heavy atom. The van der Waals surface area contributed by atoms with Crippen LogP contribution in [-0.2, 0) is 11.3 Å². The van der Waals surface area contributed by atoms with E-state index in [2.05, 4.69) is 12.0 Å². The van der Waals surface area contributed by atoms with E-state index in [1.807, 2.05) is 28.9 Å². The van der Waals surface area contributed by atoms with Crippen LogP contribution in [-0.4, -0.2) is 39.7 Å². The molecule has 0 aromatic carbocycles. The third-order valence-electron chi connectivity index (χ3n) is 3.82. The van der Waals surface area contributed by atoms with E-state index in [1.165, 1.54) is 0 Å². The highest BCUT2D eigenvalue weighted by Crippen LogP contribution is 2.20. The highest BCUT2D eigenvalue weighted by atomic mass is 16.2. The number of hydrogen-bond donors (Lipinski definition) is 1. The van der Waals surface area contributed by atoms with Gasteiger partial charge in [0.2, 0.25) is 5.91 Å². The van der Waals surface area contributed by atoms with Crippen molar-refractivity contribution in [1.82, 2.24) is 14.7 Å². The van der Waals surface area contributed by atoms with Gasteiger partial charge in [0.25, 0.3) is 0 Å². The molecule has 1 amide bonds. The van der Waals surface area contributed by atoms with Crippen LogP contribution in [0.3, 0.4) is 0 Å². The van der Waals surface area contributed by atoms with E-state index in [1.54, 1.807) is 0 Å². The van der Waals surface area contributed by atoms with Crippen LogP contribution >= 0.6 is 0 Å². The first-order chi connectivity index (χ1) is 9.10. The Morgan fingerprint density at radius 3 is 2.95 bits per heavy atom. The lowest BCUT2D eigenvalue weighted by molar-refractivity contribution is -0.130. The van der Waals surface area contributed by atoms with Crippen LogP contribution in [0, 0.1) is 12.8 Å². The maximum absolute atomic E-state index is 12.2. The summed E-state index contributed by atoms with van der Waals surface area (Å²) in [7, 11) is 0. The fourth-order valence-corrected chi connectivity index (χ4v) is 2.73. The van der Waals surface area contributed by atoms with Gasteiger partial charge in [-0.3, -0.25) is 9.48 Å². The monoisotopic (exact) mass is 264 g/mol. The minimum Gasteiger partial charge on any atom is -0.341 e. The van der Waals surface area contributed by atoms with Crippen molar-refractivity contribution < 1.29 is 4.79 Å². The van der Waals surface area contributed by atoms with E-state index in [-0.39, 0.29) is 11.9 Å². The summed E-state index contributed by atoms with van der Waals surface area (Å²) in [6.07, 6.45) is 6.53. The molecule has 1 aliphatic heterocycles. The van der Waals surface area contributed by atoms with E-state index in [9.17, 15) is 4.79 Å². The van der Waals surface area contributed by atoms with Crippen LogP contribution in [0.1, 0.15) is 31.7 Å². The number of nitrogens with two attached hydrogens (primary N) is 1. The average molecular weight is 264 g/mol. The van der Waals surface area contributed by atoms with Crippen molar-refractivity contribution in [1.29, 1.82) is 0 Å². The first-order valence-electron chi connectivity index (χ1n) is 7.12. The van der Waals surface area contributed by atoms with Crippen molar-refractivity contribution in [3.8, 4) is 0 Å². The molecule has 0 spiro atoms. The van der Waals surface area contributed by atoms with Crippen LogP contribution < -0.4 is 5.73 Å². The lowest BCUT2D eigenvalue weighted by Gasteiger charge is -2.16. The molecule has 1 saturated heterocycles. The second-order valence-corrected chi connectivity index (χ2v) is 5.54. The second kappa shape index (κ2) is 6.19. The molecule has 5 heteroatoms. The lowest BCUT2D eigenvalue weighted by atomic mass is 9.99. The second-order valence-electron chi connectivity index (χ2n) is 5.54. The average Bonchev–Trinajstić information content (AvgIpc) is 2.94. The quantitative estimate of drug-likeness (QED) is 0.868. The van der Waals surface area contributed by atoms with Gasteiger partial charge < -0.3 is 10.6 Å². The highest BCUT2D eigenvalue weighted by Gasteiger charge is 2.31. The van der Waals surface area contributed by atoms with Gasteiger partial charge in [0, 0.05) is 38.3 Å². The molecule has 0 radical (unpaired) electrons. The molecule has 106 valence electrons. The maximum atomic E-state index is 12.2. The van der Waals surface area contributed by atoms with Gasteiger partial charge in [-0.1, -0.05) is 13.3 Å². The van der Waals surface area contributed by atoms with Crippen LogP contribution in [0.15, 0.2) is 12.4 Å². The maximum Gasteiger partial charge on any atom is 0.224 e. The molecule has 1 fully saturated rings. The zero-order valence-corrected chi connectivity index (χ0v) is 11.9. The molecule has 1 aromatic rings. The Balaban J connectivity index is 1.81. The van der Waals surface area contributed by atoms with Crippen LogP contribution in [0.5, 0.6) is 0 Å². The summed E-state index contributed by atoms with van der Waals surface area (Å²) in [5, 5.41) is 4.19. The fraction of sp³-hybridized carbons (Fsp3) is 0.714. The highest BCUT2D eigenvalue weighted by molar-refractivity contribution is 5.76. The molecule has 5 nitrogen and oxygen atoms in total. The Bertz CT molecular complexity index is 429. The number of hydrogen-bond acceptors (Lipinski definition) is 3. The summed E-state index contributed by atoms with van der Waals surface area (Å²) in [5.74, 6) is 0.670. The minimum atomic E-state index is 0.149. The van der Waals surface area contributed by atoms with E-state index >= 15 is 0 Å². The zero-order valence-electron chi connectivity index (χ0n) is 11.9. The number of carbonyl (C=O) groups is 1. The summed E-state index contributed by atoms with van der Waals surface area (Å²) >= 11 is 0. The summed E-state index contributed by atoms with van der Waals surface area (Å²) in [6.45, 7) is 6.35. The Morgan fingerprint density at radius 1 is 1.53 bits per heavy atom. The van der Waals surface area contributed by atoms with Crippen LogP contribution in [0.4, 0.5) is 0 Å². The van der Waals surface area contributed by atoms with Gasteiger partial charge in [-0.2, -0.15) is 5.10 Å². The van der Waals surface area contributed by atoms with Crippen LogP contribution in [0.2, 0.25) is 0 Å². The lowest BCUT2D eigenvalue weighted by Crippen LogP contribution is -2.32. The zero-order chi connectivity index (χ0) is 13.8. The van der Waals surface area contributed by atoms with Gasteiger partial charge in [0.05, 0.1) is 6.20 Å². The van der Waals surface area contributed by atoms with Crippen LogP contribution in [0.25, 0.3) is 0 Å². The third-order valence-corrected chi connectivity index (χ3v) is 3.82. The standard InChI is InChI=1S/C14H24N4O/c1-3-4-12-9-17(10-13(12)15)14(19)5-6-18-8-11(2)7-16-18/h7-8,12-13H,3-6,9-10,15H2,1-2H3/t12-,13-/m0/s1. The van der Waals surface area contributed by atoms with Crippen molar-refractivity contribution in [2.75, 3.05) is 13.1 Å². The summed E-state index contributed by atoms with van der Waals surface area (Å²) in [6, 6.07) is 0.149. The molecule has 0 bridgehead atoms. The van der Waals surface area contributed by atoms with Crippen molar-refractivity contribution >= 4 is 5.91 Å². The number of amides is 1. The van der Waals surface area contributed by atoms with Gasteiger partial charge in [-0.05, 0) is 24.8 Å². The molecule has 1 aliphatic rings. The predicted molar refractivity (Wildman–Crippen MR) is 74.5 cm³/mol. The summed E-state index contributed by atoms with van der Waals surface area (Å²) < 4.78 is 1.83. The summed E-state index contributed by atoms with van der Waals surface area (Å²) in [4.78, 5) is 14.1. The van der Waals surface area contributed by atoms with Gasteiger partial charge >= 0.3 is 0 Å². The van der Waals surface area contributed by atoms with Crippen molar-refractivity contribution in [2.24, 2.45) is 11.7 Å². The van der Waals surface area contributed by atoms with Gasteiger partial charge in [0.15, 0.2) is 0 Å². The molecular weight excluding hydrogens is 240 g/mol. The molecule has 1 aromatic heterocycles. The summed E-state index contributed by atoms with van der Waals surface area (Å²) in [5.41, 5.74) is 7.22. The molecule has 0 saturated carbocycles. The molecule has 0 aliphatic carbocycles. The van der Waals surface area contributed by atoms with Gasteiger partial charge in [0.1, 0.15) is 0 Å². The van der Waals surface area contributed by atoms with Gasteiger partial charge in [-0.25, -0.2) is 0 Å². The SMILES string of the molecule is CCC[C@H]1CN(C(=O)CCn2cc(C)cn2)C[C@@H]1N. The third kappa shape index (κ3) is 3.56. The number of nitrogens with zero attached hydrogens (tertiary/aromatic N) is 3. The van der Waals surface area contributed by atoms with Crippen molar-refractivity contribution in [3.05, 3.63) is 18.0 Å². The number of carbonyl (C=O) groups excluding carboxylic acids is 1. The number of aromatic nitrogens is 2. The Labute approximate surface area is 114 Å². The topological polar surface area (TPSA) is 64.2 Å². The Hall–Kier alpha value is -1.36. The predicted octanol–water partition coefficient (Wildman–Crippen LogP) is 1.17. The number of rotatable bonds is 5. The fourth-order valence-electron chi connectivity index (χ4n) is 2.73.